The van der Waals surface area contributed by atoms with Crippen LogP contribution in [0.15, 0.2) is 12.3 Å². The lowest BCUT2D eigenvalue weighted by molar-refractivity contribution is -0.187. The van der Waals surface area contributed by atoms with E-state index in [1.165, 1.54) is 0 Å². The summed E-state index contributed by atoms with van der Waals surface area (Å²) in [5.74, 6) is -0.502. The van der Waals surface area contributed by atoms with Gasteiger partial charge < -0.3 is 15.4 Å². The molecule has 0 radical (unpaired) electrons. The second-order valence-electron chi connectivity index (χ2n) is 6.15. The first-order valence-corrected chi connectivity index (χ1v) is 7.90. The van der Waals surface area contributed by atoms with Gasteiger partial charge in [0.25, 0.3) is 0 Å². The molecule has 2 rings (SSSR count). The van der Waals surface area contributed by atoms with Crippen LogP contribution in [0.25, 0.3) is 0 Å². The molecule has 1 atom stereocenters. The number of hydrogen-bond donors (Lipinski definition) is 1. The van der Waals surface area contributed by atoms with Gasteiger partial charge in [-0.05, 0) is 37.0 Å². The summed E-state index contributed by atoms with van der Waals surface area (Å²) in [5, 5.41) is 0. The van der Waals surface area contributed by atoms with Gasteiger partial charge in [-0.3, -0.25) is 0 Å². The fourth-order valence-corrected chi connectivity index (χ4v) is 2.68. The summed E-state index contributed by atoms with van der Waals surface area (Å²) >= 11 is 0. The Bertz CT molecular complexity index is 514. The predicted octanol–water partition coefficient (Wildman–Crippen LogP) is 3.03. The van der Waals surface area contributed by atoms with Crippen molar-refractivity contribution >= 4 is 5.82 Å². The second-order valence-corrected chi connectivity index (χ2v) is 6.15. The Labute approximate surface area is 134 Å². The number of alkyl halides is 3. The zero-order valence-corrected chi connectivity index (χ0v) is 13.6. The van der Waals surface area contributed by atoms with Crippen LogP contribution in [0.3, 0.4) is 0 Å². The maximum absolute atomic E-state index is 12.5. The summed E-state index contributed by atoms with van der Waals surface area (Å²) in [6.45, 7) is 4.82. The highest BCUT2D eigenvalue weighted by Gasteiger charge is 2.36. The lowest BCUT2D eigenvalue weighted by atomic mass is 10.1. The van der Waals surface area contributed by atoms with Crippen molar-refractivity contribution in [3.05, 3.63) is 23.4 Å². The Balaban J connectivity index is 1.84. The van der Waals surface area contributed by atoms with Crippen LogP contribution in [0, 0.1) is 12.8 Å². The number of anilines is 1. The molecular formula is C16H24F3N3O. The van der Waals surface area contributed by atoms with Gasteiger partial charge in [0.15, 0.2) is 0 Å². The molecule has 1 aliphatic heterocycles. The molecule has 2 N–H and O–H groups in total. The summed E-state index contributed by atoms with van der Waals surface area (Å²) in [6, 6.07) is 2.02. The number of aromatic nitrogens is 1. The number of nitrogens with zero attached hydrogens (tertiary/aromatic N) is 2. The Morgan fingerprint density at radius 2 is 2.04 bits per heavy atom. The normalized spacial score (nSPS) is 18.3. The number of halogens is 3. The molecule has 0 bridgehead atoms. The Morgan fingerprint density at radius 1 is 1.39 bits per heavy atom. The van der Waals surface area contributed by atoms with Crippen LogP contribution >= 0.6 is 0 Å². The topological polar surface area (TPSA) is 51.4 Å². The highest BCUT2D eigenvalue weighted by atomic mass is 19.4. The first-order valence-electron chi connectivity index (χ1n) is 7.90. The van der Waals surface area contributed by atoms with E-state index >= 15 is 0 Å². The third-order valence-corrected chi connectivity index (χ3v) is 4.23. The molecule has 0 saturated carbocycles. The first-order chi connectivity index (χ1) is 10.8. The van der Waals surface area contributed by atoms with E-state index in [0.717, 1.165) is 37.0 Å². The largest absolute Gasteiger partial charge is 0.393 e. The monoisotopic (exact) mass is 331 g/mol. The number of aryl methyl sites for hydroxylation is 1. The van der Waals surface area contributed by atoms with Crippen LogP contribution in [0.2, 0.25) is 0 Å². The van der Waals surface area contributed by atoms with Gasteiger partial charge in [-0.25, -0.2) is 4.98 Å². The molecule has 0 aliphatic carbocycles. The smallest absolute Gasteiger partial charge is 0.377 e. The number of pyridine rings is 1. The van der Waals surface area contributed by atoms with Gasteiger partial charge in [0, 0.05) is 25.8 Å². The molecule has 1 unspecified atom stereocenters. The fourth-order valence-electron chi connectivity index (χ4n) is 2.68. The van der Waals surface area contributed by atoms with E-state index in [1.807, 2.05) is 13.0 Å². The average Bonchev–Trinajstić information content (AvgIpc) is 2.52. The molecule has 4 nitrogen and oxygen atoms in total. The third kappa shape index (κ3) is 4.81. The van der Waals surface area contributed by atoms with Gasteiger partial charge in [0.1, 0.15) is 5.82 Å². The maximum atomic E-state index is 12.5. The van der Waals surface area contributed by atoms with Crippen LogP contribution < -0.4 is 10.6 Å². The predicted molar refractivity (Wildman–Crippen MR) is 83.3 cm³/mol. The fraction of sp³-hybridized carbons (Fsp3) is 0.688. The maximum Gasteiger partial charge on any atom is 0.393 e. The molecule has 1 fully saturated rings. The van der Waals surface area contributed by atoms with Gasteiger partial charge in [-0.15, -0.1) is 0 Å². The summed E-state index contributed by atoms with van der Waals surface area (Å²) in [4.78, 5) is 6.62. The van der Waals surface area contributed by atoms with Crippen molar-refractivity contribution in [3.63, 3.8) is 0 Å². The lowest BCUT2D eigenvalue weighted by Crippen LogP contribution is -2.39. The van der Waals surface area contributed by atoms with E-state index in [4.69, 9.17) is 10.5 Å². The third-order valence-electron chi connectivity index (χ3n) is 4.23. The van der Waals surface area contributed by atoms with Crippen LogP contribution in [-0.4, -0.2) is 37.0 Å². The number of piperidine rings is 1. The minimum Gasteiger partial charge on any atom is -0.377 e. The van der Waals surface area contributed by atoms with Crippen molar-refractivity contribution in [2.45, 2.75) is 45.5 Å². The van der Waals surface area contributed by atoms with Gasteiger partial charge in [-0.1, -0.05) is 6.92 Å². The minimum absolute atomic E-state index is 0.111. The highest BCUT2D eigenvalue weighted by Crippen LogP contribution is 2.28. The zero-order chi connectivity index (χ0) is 17.0. The van der Waals surface area contributed by atoms with E-state index in [9.17, 15) is 13.2 Å². The molecule has 2 heterocycles. The van der Waals surface area contributed by atoms with Gasteiger partial charge in [0.05, 0.1) is 18.6 Å². The number of ether oxygens (including phenoxy) is 1. The average molecular weight is 331 g/mol. The van der Waals surface area contributed by atoms with Crippen molar-refractivity contribution in [2.75, 3.05) is 24.6 Å². The van der Waals surface area contributed by atoms with Crippen LogP contribution in [-0.2, 0) is 11.3 Å². The van der Waals surface area contributed by atoms with Crippen LogP contribution in [0.4, 0.5) is 19.0 Å². The number of rotatable bonds is 5. The molecular weight excluding hydrogens is 307 g/mol. The van der Waals surface area contributed by atoms with E-state index in [-0.39, 0.29) is 12.7 Å². The molecule has 0 aromatic carbocycles. The van der Waals surface area contributed by atoms with Crippen molar-refractivity contribution < 1.29 is 17.9 Å². The molecule has 23 heavy (non-hydrogen) atoms. The second kappa shape index (κ2) is 7.49. The molecule has 0 spiro atoms. The first kappa shape index (κ1) is 18.0. The molecule has 1 aromatic rings. The van der Waals surface area contributed by atoms with E-state index < -0.39 is 12.1 Å². The number of hydrogen-bond acceptors (Lipinski definition) is 4. The molecule has 0 amide bonds. The van der Waals surface area contributed by atoms with Gasteiger partial charge in [-0.2, -0.15) is 13.2 Å². The molecule has 7 heteroatoms. The summed E-state index contributed by atoms with van der Waals surface area (Å²) in [6.07, 6.45) is -1.10. The molecule has 130 valence electrons. The SMILES string of the molecule is Cc1cc(CN)cnc1N1CCC(OCC(C)C(F)(F)F)CC1. The number of nitrogens with two attached hydrogens (primary N) is 1. The van der Waals surface area contributed by atoms with Crippen molar-refractivity contribution in [1.29, 1.82) is 0 Å². The zero-order valence-electron chi connectivity index (χ0n) is 13.6. The van der Waals surface area contributed by atoms with Gasteiger partial charge in [0.2, 0.25) is 0 Å². The van der Waals surface area contributed by atoms with E-state index in [1.54, 1.807) is 6.20 Å². The Morgan fingerprint density at radius 3 is 2.57 bits per heavy atom. The van der Waals surface area contributed by atoms with Crippen LogP contribution in [0.5, 0.6) is 0 Å². The molecule has 1 aliphatic rings. The minimum atomic E-state index is -4.19. The lowest BCUT2D eigenvalue weighted by Gasteiger charge is -2.34. The Kier molecular flexibility index (Phi) is 5.86. The summed E-state index contributed by atoms with van der Waals surface area (Å²) in [5.41, 5.74) is 7.66. The molecule has 1 saturated heterocycles. The highest BCUT2D eigenvalue weighted by molar-refractivity contribution is 5.47. The van der Waals surface area contributed by atoms with Gasteiger partial charge >= 0.3 is 6.18 Å². The van der Waals surface area contributed by atoms with E-state index in [0.29, 0.717) is 19.4 Å². The molecule has 1 aromatic heterocycles. The van der Waals surface area contributed by atoms with Crippen molar-refractivity contribution in [2.24, 2.45) is 11.7 Å². The quantitative estimate of drug-likeness (QED) is 0.901. The standard InChI is InChI=1S/C16H24F3N3O/c1-11-7-13(8-20)9-21-15(11)22-5-3-14(4-6-22)23-10-12(2)16(17,18)19/h7,9,12,14H,3-6,8,10,20H2,1-2H3. The van der Waals surface area contributed by atoms with Crippen molar-refractivity contribution in [1.82, 2.24) is 4.98 Å². The van der Waals surface area contributed by atoms with E-state index in [2.05, 4.69) is 9.88 Å². The van der Waals surface area contributed by atoms with Crippen molar-refractivity contribution in [3.8, 4) is 0 Å². The Hall–Kier alpha value is -1.34. The summed E-state index contributed by atoms with van der Waals surface area (Å²) < 4.78 is 42.9. The summed E-state index contributed by atoms with van der Waals surface area (Å²) in [7, 11) is 0. The van der Waals surface area contributed by atoms with Crippen LogP contribution in [0.1, 0.15) is 30.9 Å².